The van der Waals surface area contributed by atoms with E-state index in [2.05, 4.69) is 11.4 Å². The van der Waals surface area contributed by atoms with Crippen molar-refractivity contribution in [3.8, 4) is 6.07 Å². The fourth-order valence-corrected chi connectivity index (χ4v) is 2.64. The normalized spacial score (nSPS) is 24.1. The summed E-state index contributed by atoms with van der Waals surface area (Å²) in [5, 5.41) is 12.5. The van der Waals surface area contributed by atoms with E-state index >= 15 is 0 Å². The molecular formula is C15H19FN2. The monoisotopic (exact) mass is 246 g/mol. The second kappa shape index (κ2) is 5.86. The molecule has 0 saturated heterocycles. The van der Waals surface area contributed by atoms with E-state index in [0.717, 1.165) is 31.2 Å². The zero-order chi connectivity index (χ0) is 13.0. The highest BCUT2D eigenvalue weighted by molar-refractivity contribution is 5.52. The molecule has 0 aliphatic heterocycles. The standard InChI is InChI=1S/C15H19FN2/c1-11-6-5-8-13(16)15(11)18-14-9-4-2-3-7-12(14)10-17/h5-6,8,12,14,18H,2-4,7,9H2,1H3. The molecule has 96 valence electrons. The lowest BCUT2D eigenvalue weighted by molar-refractivity contribution is 0.509. The minimum atomic E-state index is -0.226. The van der Waals surface area contributed by atoms with Crippen molar-refractivity contribution in [2.75, 3.05) is 5.32 Å². The van der Waals surface area contributed by atoms with Gasteiger partial charge in [-0.1, -0.05) is 31.4 Å². The van der Waals surface area contributed by atoms with Gasteiger partial charge in [-0.05, 0) is 31.4 Å². The lowest BCUT2D eigenvalue weighted by Gasteiger charge is -2.23. The van der Waals surface area contributed by atoms with Crippen LogP contribution in [0.5, 0.6) is 0 Å². The van der Waals surface area contributed by atoms with Crippen LogP contribution in [0.2, 0.25) is 0 Å². The first-order valence-electron chi connectivity index (χ1n) is 6.63. The summed E-state index contributed by atoms with van der Waals surface area (Å²) in [5.41, 5.74) is 1.46. The van der Waals surface area contributed by atoms with Crippen LogP contribution in [0.1, 0.15) is 37.7 Å². The first kappa shape index (κ1) is 12.9. The molecule has 1 aliphatic rings. The molecule has 0 spiro atoms. The van der Waals surface area contributed by atoms with Crippen molar-refractivity contribution in [1.29, 1.82) is 5.26 Å². The molecule has 18 heavy (non-hydrogen) atoms. The topological polar surface area (TPSA) is 35.8 Å². The van der Waals surface area contributed by atoms with Gasteiger partial charge in [0.15, 0.2) is 0 Å². The van der Waals surface area contributed by atoms with Gasteiger partial charge in [0.25, 0.3) is 0 Å². The summed E-state index contributed by atoms with van der Waals surface area (Å²) in [6.45, 7) is 1.89. The van der Waals surface area contributed by atoms with E-state index in [1.165, 1.54) is 12.5 Å². The molecule has 1 fully saturated rings. The van der Waals surface area contributed by atoms with Crippen LogP contribution in [0.3, 0.4) is 0 Å². The van der Waals surface area contributed by atoms with Gasteiger partial charge in [-0.25, -0.2) is 4.39 Å². The van der Waals surface area contributed by atoms with Gasteiger partial charge < -0.3 is 5.32 Å². The van der Waals surface area contributed by atoms with E-state index in [4.69, 9.17) is 0 Å². The number of hydrogen-bond acceptors (Lipinski definition) is 2. The Kier molecular flexibility index (Phi) is 4.19. The highest BCUT2D eigenvalue weighted by atomic mass is 19.1. The largest absolute Gasteiger partial charge is 0.378 e. The van der Waals surface area contributed by atoms with Crippen LogP contribution in [0.25, 0.3) is 0 Å². The van der Waals surface area contributed by atoms with Crippen molar-refractivity contribution in [3.63, 3.8) is 0 Å². The van der Waals surface area contributed by atoms with Crippen LogP contribution in [0.15, 0.2) is 18.2 Å². The molecular weight excluding hydrogens is 227 g/mol. The molecule has 1 saturated carbocycles. The third kappa shape index (κ3) is 2.81. The van der Waals surface area contributed by atoms with Crippen LogP contribution in [-0.2, 0) is 0 Å². The SMILES string of the molecule is Cc1cccc(F)c1NC1CCCCCC1C#N. The van der Waals surface area contributed by atoms with Crippen molar-refractivity contribution in [1.82, 2.24) is 0 Å². The van der Waals surface area contributed by atoms with E-state index in [9.17, 15) is 9.65 Å². The zero-order valence-electron chi connectivity index (χ0n) is 10.7. The lowest BCUT2D eigenvalue weighted by Crippen LogP contribution is -2.28. The number of rotatable bonds is 2. The molecule has 1 aromatic rings. The Labute approximate surface area is 108 Å². The molecule has 2 atom stereocenters. The number of aryl methyl sites for hydroxylation is 1. The highest BCUT2D eigenvalue weighted by Crippen LogP contribution is 2.28. The third-order valence-corrected chi connectivity index (χ3v) is 3.73. The minimum Gasteiger partial charge on any atom is -0.378 e. The fourth-order valence-electron chi connectivity index (χ4n) is 2.64. The van der Waals surface area contributed by atoms with Crippen molar-refractivity contribution in [3.05, 3.63) is 29.6 Å². The second-order valence-electron chi connectivity index (χ2n) is 5.06. The molecule has 1 N–H and O–H groups in total. The predicted octanol–water partition coefficient (Wildman–Crippen LogP) is 4.02. The van der Waals surface area contributed by atoms with Gasteiger partial charge in [0.1, 0.15) is 5.82 Å². The maximum atomic E-state index is 13.8. The van der Waals surface area contributed by atoms with Gasteiger partial charge in [0, 0.05) is 6.04 Å². The summed E-state index contributed by atoms with van der Waals surface area (Å²) < 4.78 is 13.8. The molecule has 2 rings (SSSR count). The molecule has 3 heteroatoms. The van der Waals surface area contributed by atoms with E-state index < -0.39 is 0 Å². The lowest BCUT2D eigenvalue weighted by atomic mass is 9.95. The molecule has 0 radical (unpaired) electrons. The Bertz CT molecular complexity index is 430. The third-order valence-electron chi connectivity index (χ3n) is 3.73. The van der Waals surface area contributed by atoms with Crippen molar-refractivity contribution >= 4 is 5.69 Å². The fraction of sp³-hybridized carbons (Fsp3) is 0.533. The summed E-state index contributed by atoms with van der Waals surface area (Å²) in [4.78, 5) is 0. The Morgan fingerprint density at radius 1 is 1.28 bits per heavy atom. The Morgan fingerprint density at radius 2 is 2.06 bits per heavy atom. The first-order valence-corrected chi connectivity index (χ1v) is 6.63. The van der Waals surface area contributed by atoms with E-state index in [1.54, 1.807) is 6.07 Å². The number of halogens is 1. The van der Waals surface area contributed by atoms with Gasteiger partial charge in [-0.3, -0.25) is 0 Å². The number of nitriles is 1. The van der Waals surface area contributed by atoms with Crippen molar-refractivity contribution in [2.45, 2.75) is 45.1 Å². The quantitative estimate of drug-likeness (QED) is 0.800. The predicted molar refractivity (Wildman–Crippen MR) is 70.7 cm³/mol. The molecule has 1 aromatic carbocycles. The van der Waals surface area contributed by atoms with Crippen LogP contribution < -0.4 is 5.32 Å². The van der Waals surface area contributed by atoms with Gasteiger partial charge in [-0.15, -0.1) is 0 Å². The number of nitrogens with one attached hydrogen (secondary N) is 1. The molecule has 1 aliphatic carbocycles. The average molecular weight is 246 g/mol. The van der Waals surface area contributed by atoms with Crippen LogP contribution in [0, 0.1) is 30.0 Å². The number of para-hydroxylation sites is 1. The molecule has 0 aromatic heterocycles. The van der Waals surface area contributed by atoms with Gasteiger partial charge in [-0.2, -0.15) is 5.26 Å². The van der Waals surface area contributed by atoms with Crippen LogP contribution >= 0.6 is 0 Å². The van der Waals surface area contributed by atoms with Crippen molar-refractivity contribution in [2.24, 2.45) is 5.92 Å². The van der Waals surface area contributed by atoms with Gasteiger partial charge in [0.2, 0.25) is 0 Å². The van der Waals surface area contributed by atoms with E-state index in [1.807, 2.05) is 13.0 Å². The summed E-state index contributed by atoms with van der Waals surface area (Å²) in [7, 11) is 0. The number of anilines is 1. The summed E-state index contributed by atoms with van der Waals surface area (Å²) in [6, 6.07) is 7.52. The average Bonchev–Trinajstić information content (AvgIpc) is 2.59. The molecule has 2 nitrogen and oxygen atoms in total. The van der Waals surface area contributed by atoms with Gasteiger partial charge in [0.05, 0.1) is 17.7 Å². The number of benzene rings is 1. The van der Waals surface area contributed by atoms with E-state index in [0.29, 0.717) is 5.69 Å². The molecule has 0 bridgehead atoms. The Balaban J connectivity index is 2.18. The smallest absolute Gasteiger partial charge is 0.146 e. The Hall–Kier alpha value is -1.56. The zero-order valence-corrected chi connectivity index (χ0v) is 10.7. The van der Waals surface area contributed by atoms with Crippen LogP contribution in [-0.4, -0.2) is 6.04 Å². The molecule has 0 heterocycles. The molecule has 2 unspecified atom stereocenters. The second-order valence-corrected chi connectivity index (χ2v) is 5.06. The highest BCUT2D eigenvalue weighted by Gasteiger charge is 2.24. The first-order chi connectivity index (χ1) is 8.72. The maximum Gasteiger partial charge on any atom is 0.146 e. The van der Waals surface area contributed by atoms with E-state index in [-0.39, 0.29) is 17.8 Å². The minimum absolute atomic E-state index is 0.00786. The number of nitrogens with zero attached hydrogens (tertiary/aromatic N) is 1. The molecule has 0 amide bonds. The van der Waals surface area contributed by atoms with Crippen LogP contribution in [0.4, 0.5) is 10.1 Å². The number of hydrogen-bond donors (Lipinski definition) is 1. The maximum absolute atomic E-state index is 13.8. The summed E-state index contributed by atoms with van der Waals surface area (Å²) in [5.74, 6) is -0.234. The summed E-state index contributed by atoms with van der Waals surface area (Å²) >= 11 is 0. The Morgan fingerprint density at radius 3 is 2.78 bits per heavy atom. The summed E-state index contributed by atoms with van der Waals surface area (Å²) in [6.07, 6.45) is 5.26. The van der Waals surface area contributed by atoms with Gasteiger partial charge >= 0.3 is 0 Å². The van der Waals surface area contributed by atoms with Crippen molar-refractivity contribution < 1.29 is 4.39 Å².